The Morgan fingerprint density at radius 1 is 1.47 bits per heavy atom. The van der Waals surface area contributed by atoms with E-state index in [4.69, 9.17) is 10.5 Å². The zero-order chi connectivity index (χ0) is 14.0. The standard InChI is InChI=1S/C12H19N3O3S/c1-14(19(16,17)15-8-11(13)9-15)7-10-4-3-5-12(6-10)18-2/h3-6,11H,7-9,13H2,1-2H3. The molecule has 1 aromatic carbocycles. The van der Waals surface area contributed by atoms with E-state index in [-0.39, 0.29) is 6.04 Å². The molecule has 1 aliphatic heterocycles. The molecule has 1 fully saturated rings. The van der Waals surface area contributed by atoms with Crippen LogP contribution in [0.2, 0.25) is 0 Å². The van der Waals surface area contributed by atoms with Crippen LogP contribution in [0.5, 0.6) is 5.75 Å². The lowest BCUT2D eigenvalue weighted by molar-refractivity contribution is 0.245. The molecule has 0 radical (unpaired) electrons. The van der Waals surface area contributed by atoms with Crippen LogP contribution in [0.25, 0.3) is 0 Å². The van der Waals surface area contributed by atoms with E-state index in [1.165, 1.54) is 8.61 Å². The number of nitrogens with two attached hydrogens (primary N) is 1. The van der Waals surface area contributed by atoms with Gasteiger partial charge in [-0.1, -0.05) is 12.1 Å². The normalized spacial score (nSPS) is 17.5. The van der Waals surface area contributed by atoms with Crippen molar-refractivity contribution in [1.82, 2.24) is 8.61 Å². The van der Waals surface area contributed by atoms with E-state index in [2.05, 4.69) is 0 Å². The number of nitrogens with zero attached hydrogens (tertiary/aromatic N) is 2. The van der Waals surface area contributed by atoms with Gasteiger partial charge in [-0.2, -0.15) is 17.0 Å². The molecule has 19 heavy (non-hydrogen) atoms. The van der Waals surface area contributed by atoms with Gasteiger partial charge in [0, 0.05) is 32.7 Å². The van der Waals surface area contributed by atoms with Gasteiger partial charge in [0.2, 0.25) is 0 Å². The van der Waals surface area contributed by atoms with E-state index in [0.717, 1.165) is 5.56 Å². The lowest BCUT2D eigenvalue weighted by Crippen LogP contribution is -2.60. The van der Waals surface area contributed by atoms with Crippen molar-refractivity contribution in [3.05, 3.63) is 29.8 Å². The van der Waals surface area contributed by atoms with Crippen LogP contribution < -0.4 is 10.5 Å². The summed E-state index contributed by atoms with van der Waals surface area (Å²) in [5.41, 5.74) is 6.50. The Morgan fingerprint density at radius 3 is 2.74 bits per heavy atom. The highest BCUT2D eigenvalue weighted by molar-refractivity contribution is 7.86. The van der Waals surface area contributed by atoms with Crippen molar-refractivity contribution in [2.45, 2.75) is 12.6 Å². The molecule has 0 amide bonds. The second kappa shape index (κ2) is 5.46. The summed E-state index contributed by atoms with van der Waals surface area (Å²) in [6.45, 7) is 1.10. The molecule has 0 saturated carbocycles. The minimum atomic E-state index is -3.41. The second-order valence-electron chi connectivity index (χ2n) is 4.69. The molecule has 0 aromatic heterocycles. The third kappa shape index (κ3) is 3.06. The molecular formula is C12H19N3O3S. The van der Waals surface area contributed by atoms with Gasteiger partial charge in [0.25, 0.3) is 10.2 Å². The molecule has 0 atom stereocenters. The van der Waals surface area contributed by atoms with Crippen LogP contribution in [-0.4, -0.2) is 50.3 Å². The van der Waals surface area contributed by atoms with Crippen LogP contribution in [0.4, 0.5) is 0 Å². The van der Waals surface area contributed by atoms with Crippen LogP contribution in [0, 0.1) is 0 Å². The maximum atomic E-state index is 12.2. The van der Waals surface area contributed by atoms with Crippen molar-refractivity contribution in [3.63, 3.8) is 0 Å². The zero-order valence-corrected chi connectivity index (χ0v) is 11.9. The molecule has 1 aliphatic rings. The smallest absolute Gasteiger partial charge is 0.282 e. The maximum Gasteiger partial charge on any atom is 0.282 e. The van der Waals surface area contributed by atoms with Gasteiger partial charge in [-0.25, -0.2) is 0 Å². The maximum absolute atomic E-state index is 12.2. The molecular weight excluding hydrogens is 266 g/mol. The lowest BCUT2D eigenvalue weighted by atomic mass is 10.2. The fourth-order valence-electron chi connectivity index (χ4n) is 1.96. The Labute approximate surface area is 113 Å². The summed E-state index contributed by atoms with van der Waals surface area (Å²) in [4.78, 5) is 0. The first kappa shape index (κ1) is 14.3. The van der Waals surface area contributed by atoms with Crippen LogP contribution in [0.3, 0.4) is 0 Å². The number of benzene rings is 1. The highest BCUT2D eigenvalue weighted by atomic mass is 32.2. The number of hydrogen-bond donors (Lipinski definition) is 1. The summed E-state index contributed by atoms with van der Waals surface area (Å²) in [7, 11) is -0.255. The highest BCUT2D eigenvalue weighted by Gasteiger charge is 2.36. The van der Waals surface area contributed by atoms with Crippen LogP contribution in [-0.2, 0) is 16.8 Å². The van der Waals surface area contributed by atoms with E-state index in [1.54, 1.807) is 14.2 Å². The van der Waals surface area contributed by atoms with Crippen molar-refractivity contribution < 1.29 is 13.2 Å². The van der Waals surface area contributed by atoms with Crippen molar-refractivity contribution in [3.8, 4) is 5.75 Å². The van der Waals surface area contributed by atoms with Crippen LogP contribution in [0.15, 0.2) is 24.3 Å². The first-order chi connectivity index (χ1) is 8.93. The number of hydrogen-bond acceptors (Lipinski definition) is 4. The minimum Gasteiger partial charge on any atom is -0.497 e. The Balaban J connectivity index is 2.05. The van der Waals surface area contributed by atoms with E-state index in [9.17, 15) is 8.42 Å². The molecule has 0 unspecified atom stereocenters. The molecule has 0 bridgehead atoms. The fourth-order valence-corrected chi connectivity index (χ4v) is 3.43. The highest BCUT2D eigenvalue weighted by Crippen LogP contribution is 2.19. The third-order valence-corrected chi connectivity index (χ3v) is 5.00. The van der Waals surface area contributed by atoms with Gasteiger partial charge in [-0.05, 0) is 17.7 Å². The Morgan fingerprint density at radius 2 is 2.16 bits per heavy atom. The van der Waals surface area contributed by atoms with Crippen molar-refractivity contribution in [2.24, 2.45) is 5.73 Å². The molecule has 0 aliphatic carbocycles. The summed E-state index contributed by atoms with van der Waals surface area (Å²) in [6.07, 6.45) is 0. The summed E-state index contributed by atoms with van der Waals surface area (Å²) in [5, 5.41) is 0. The van der Waals surface area contributed by atoms with Crippen molar-refractivity contribution in [2.75, 3.05) is 27.2 Å². The summed E-state index contributed by atoms with van der Waals surface area (Å²) < 4.78 is 32.2. The average Bonchev–Trinajstić information content (AvgIpc) is 2.35. The van der Waals surface area contributed by atoms with E-state index >= 15 is 0 Å². The topological polar surface area (TPSA) is 75.9 Å². The number of ether oxygens (including phenoxy) is 1. The van der Waals surface area contributed by atoms with Gasteiger partial charge in [0.1, 0.15) is 5.75 Å². The van der Waals surface area contributed by atoms with Crippen LogP contribution >= 0.6 is 0 Å². The van der Waals surface area contributed by atoms with Gasteiger partial charge in [0.05, 0.1) is 7.11 Å². The van der Waals surface area contributed by atoms with Gasteiger partial charge in [0.15, 0.2) is 0 Å². The predicted octanol–water partition coefficient (Wildman–Crippen LogP) is 0.0147. The largest absolute Gasteiger partial charge is 0.497 e. The van der Waals surface area contributed by atoms with Gasteiger partial charge in [-0.3, -0.25) is 0 Å². The number of rotatable bonds is 5. The quantitative estimate of drug-likeness (QED) is 0.827. The van der Waals surface area contributed by atoms with E-state index in [1.807, 2.05) is 24.3 Å². The first-order valence-corrected chi connectivity index (χ1v) is 7.43. The summed E-state index contributed by atoms with van der Waals surface area (Å²) in [5.74, 6) is 0.717. The zero-order valence-electron chi connectivity index (χ0n) is 11.1. The van der Waals surface area contributed by atoms with E-state index in [0.29, 0.717) is 25.4 Å². The first-order valence-electron chi connectivity index (χ1n) is 6.03. The second-order valence-corrected chi connectivity index (χ2v) is 6.73. The van der Waals surface area contributed by atoms with E-state index < -0.39 is 10.2 Å². The summed E-state index contributed by atoms with van der Waals surface area (Å²) >= 11 is 0. The Bertz CT molecular complexity index is 541. The molecule has 1 heterocycles. The lowest BCUT2D eigenvalue weighted by Gasteiger charge is -2.37. The molecule has 0 spiro atoms. The Hall–Kier alpha value is -1.15. The van der Waals surface area contributed by atoms with Crippen molar-refractivity contribution >= 4 is 10.2 Å². The predicted molar refractivity (Wildman–Crippen MR) is 72.9 cm³/mol. The molecule has 1 saturated heterocycles. The molecule has 2 N–H and O–H groups in total. The van der Waals surface area contributed by atoms with Gasteiger partial charge in [-0.15, -0.1) is 0 Å². The summed E-state index contributed by atoms with van der Waals surface area (Å²) in [6, 6.07) is 7.32. The van der Waals surface area contributed by atoms with Gasteiger partial charge >= 0.3 is 0 Å². The molecule has 7 heteroatoms. The monoisotopic (exact) mass is 285 g/mol. The molecule has 106 valence electrons. The van der Waals surface area contributed by atoms with Crippen LogP contribution in [0.1, 0.15) is 5.56 Å². The Kier molecular flexibility index (Phi) is 4.10. The van der Waals surface area contributed by atoms with Gasteiger partial charge < -0.3 is 10.5 Å². The van der Waals surface area contributed by atoms with Crippen molar-refractivity contribution in [1.29, 1.82) is 0 Å². The number of methoxy groups -OCH3 is 1. The molecule has 6 nitrogen and oxygen atoms in total. The third-order valence-electron chi connectivity index (χ3n) is 3.14. The SMILES string of the molecule is COc1cccc(CN(C)S(=O)(=O)N2CC(N)C2)c1. The average molecular weight is 285 g/mol. The minimum absolute atomic E-state index is 0.0417. The molecule has 2 rings (SSSR count). The molecule has 1 aromatic rings. The fraction of sp³-hybridized carbons (Fsp3) is 0.500.